The molecule has 0 fully saturated rings. The molecule has 12 rings (SSSR count). The Morgan fingerprint density at radius 2 is 0.812 bits per heavy atom. The van der Waals surface area contributed by atoms with Gasteiger partial charge in [-0.2, -0.15) is 0 Å². The highest BCUT2D eigenvalue weighted by molar-refractivity contribution is 6.11. The van der Waals surface area contributed by atoms with E-state index in [9.17, 15) is 2.74 Å². The summed E-state index contributed by atoms with van der Waals surface area (Å²) in [7, 11) is 0. The fourth-order valence-corrected chi connectivity index (χ4v) is 9.03. The minimum atomic E-state index is -0.301. The van der Waals surface area contributed by atoms with Crippen LogP contribution in [0.3, 0.4) is 0 Å². The van der Waals surface area contributed by atoms with E-state index in [0.717, 1.165) is 65.7 Å². The van der Waals surface area contributed by atoms with Gasteiger partial charge in [0.2, 0.25) is 0 Å². The van der Waals surface area contributed by atoms with Gasteiger partial charge < -0.3 is 0 Å². The molecule has 0 N–H and O–H groups in total. The van der Waals surface area contributed by atoms with Crippen molar-refractivity contribution in [1.82, 2.24) is 15.0 Å². The van der Waals surface area contributed by atoms with Crippen LogP contribution < -0.4 is 0 Å². The van der Waals surface area contributed by atoms with E-state index in [1.165, 1.54) is 16.3 Å². The Balaban J connectivity index is 1.07. The van der Waals surface area contributed by atoms with E-state index in [-0.39, 0.29) is 41.1 Å². The third-order valence-electron chi connectivity index (χ3n) is 12.2. The molecule has 0 saturated heterocycles. The van der Waals surface area contributed by atoms with Crippen LogP contribution in [0.2, 0.25) is 0 Å². The third kappa shape index (κ3) is 6.77. The topological polar surface area (TPSA) is 38.7 Å². The van der Waals surface area contributed by atoms with Gasteiger partial charge in [-0.15, -0.1) is 0 Å². The molecule has 298 valence electrons. The average molecular weight is 818 g/mol. The van der Waals surface area contributed by atoms with Crippen molar-refractivity contribution in [2.75, 3.05) is 0 Å². The molecule has 0 amide bonds. The van der Waals surface area contributed by atoms with Crippen molar-refractivity contribution < 1.29 is 5.48 Å². The number of rotatable bonds is 7. The zero-order chi connectivity index (χ0) is 45.9. The lowest BCUT2D eigenvalue weighted by Crippen LogP contribution is -2.01. The second-order valence-corrected chi connectivity index (χ2v) is 16.0. The summed E-state index contributed by atoms with van der Waals surface area (Å²) < 4.78 is 36.7. The van der Waals surface area contributed by atoms with Gasteiger partial charge in [0.25, 0.3) is 0 Å². The zero-order valence-corrected chi connectivity index (χ0v) is 34.5. The highest BCUT2D eigenvalue weighted by Gasteiger charge is 2.18. The lowest BCUT2D eigenvalue weighted by atomic mass is 9.90. The van der Waals surface area contributed by atoms with Gasteiger partial charge >= 0.3 is 0 Å². The summed E-state index contributed by atoms with van der Waals surface area (Å²) in [5.41, 5.74) is 8.85. The minimum absolute atomic E-state index is 0.0685. The maximum absolute atomic E-state index is 9.58. The number of benzene rings is 11. The first-order valence-electron chi connectivity index (χ1n) is 23.4. The quantitative estimate of drug-likeness (QED) is 0.150. The highest BCUT2D eigenvalue weighted by Crippen LogP contribution is 2.39. The van der Waals surface area contributed by atoms with E-state index in [1.807, 2.05) is 78.9 Å². The molecule has 0 aliphatic heterocycles. The number of hydrogen-bond acceptors (Lipinski definition) is 3. The Hall–Kier alpha value is -8.53. The molecule has 0 radical (unpaired) electrons. The maximum Gasteiger partial charge on any atom is 0.164 e. The molecule has 1 heterocycles. The first-order chi connectivity index (χ1) is 33.4. The summed E-state index contributed by atoms with van der Waals surface area (Å²) in [6, 6.07) is 71.7. The van der Waals surface area contributed by atoms with Gasteiger partial charge in [-0.3, -0.25) is 0 Å². The number of nitrogens with zero attached hydrogens (tertiary/aromatic N) is 3. The lowest BCUT2D eigenvalue weighted by Gasteiger charge is -2.15. The molecule has 64 heavy (non-hydrogen) atoms. The minimum Gasteiger partial charge on any atom is -0.208 e. The molecule has 11 aromatic carbocycles. The van der Waals surface area contributed by atoms with Crippen molar-refractivity contribution in [3.63, 3.8) is 0 Å². The lowest BCUT2D eigenvalue weighted by molar-refractivity contribution is 1.08. The molecule has 3 nitrogen and oxygen atoms in total. The summed E-state index contributed by atoms with van der Waals surface area (Å²) in [6.07, 6.45) is 0. The summed E-state index contributed by atoms with van der Waals surface area (Å²) in [6.45, 7) is 0. The smallest absolute Gasteiger partial charge is 0.164 e. The van der Waals surface area contributed by atoms with E-state index in [4.69, 9.17) is 17.7 Å². The molecule has 0 aliphatic rings. The summed E-state index contributed by atoms with van der Waals surface area (Å²) in [4.78, 5) is 15.4. The predicted molar refractivity (Wildman–Crippen MR) is 268 cm³/mol. The van der Waals surface area contributed by atoms with Crippen LogP contribution in [0.1, 0.15) is 5.48 Å². The van der Waals surface area contributed by atoms with E-state index in [1.54, 1.807) is 0 Å². The van der Waals surface area contributed by atoms with Crippen LogP contribution in [-0.4, -0.2) is 15.0 Å². The van der Waals surface area contributed by atoms with Crippen LogP contribution >= 0.6 is 0 Å². The Morgan fingerprint density at radius 3 is 1.59 bits per heavy atom. The van der Waals surface area contributed by atoms with Crippen molar-refractivity contribution in [2.24, 2.45) is 0 Å². The fourth-order valence-electron chi connectivity index (χ4n) is 9.03. The van der Waals surface area contributed by atoms with Gasteiger partial charge in [-0.05, 0) is 112 Å². The zero-order valence-electron chi connectivity index (χ0n) is 38.5. The van der Waals surface area contributed by atoms with E-state index in [2.05, 4.69) is 133 Å². The first-order valence-corrected chi connectivity index (χ1v) is 21.4. The summed E-state index contributed by atoms with van der Waals surface area (Å²) in [5.74, 6) is 0.810. The largest absolute Gasteiger partial charge is 0.208 e. The van der Waals surface area contributed by atoms with Crippen LogP contribution in [0.25, 0.3) is 122 Å². The van der Waals surface area contributed by atoms with Crippen molar-refractivity contribution in [3.8, 4) is 78.7 Å². The first kappa shape index (κ1) is 33.1. The molecular formula is C61H39N3. The average Bonchev–Trinajstić information content (AvgIpc) is 3.40. The van der Waals surface area contributed by atoms with Gasteiger partial charge in [-0.25, -0.2) is 15.0 Å². The number of aromatic nitrogens is 3. The Kier molecular flexibility index (Phi) is 8.15. The highest BCUT2D eigenvalue weighted by atomic mass is 15.0. The van der Waals surface area contributed by atoms with Gasteiger partial charge in [0.05, 0.1) is 5.48 Å². The van der Waals surface area contributed by atoms with Crippen molar-refractivity contribution in [2.45, 2.75) is 0 Å². The van der Waals surface area contributed by atoms with Crippen molar-refractivity contribution >= 4 is 43.1 Å². The Labute approximate surface area is 377 Å². The van der Waals surface area contributed by atoms with Gasteiger partial charge in [0.1, 0.15) is 0 Å². The SMILES string of the molecule is [2H]c1c([2H])c(-c2ccccc2)c([2H])c(-c2nc(-c3ccc(-c4ccccc4)c(-c4ccc5cc(-c6cccc7ccccc67)ccc5c4)c3)nc(-c3cccc4c3ccc3ccccc34)n2)c1[2H]. The Morgan fingerprint density at radius 1 is 0.266 bits per heavy atom. The second-order valence-electron chi connectivity index (χ2n) is 16.0. The van der Waals surface area contributed by atoms with Gasteiger partial charge in [0.15, 0.2) is 17.5 Å². The fraction of sp³-hybridized carbons (Fsp3) is 0. The molecule has 0 bridgehead atoms. The third-order valence-corrected chi connectivity index (χ3v) is 12.2. The molecule has 0 saturated carbocycles. The predicted octanol–water partition coefficient (Wildman–Crippen LogP) is 16.2. The van der Waals surface area contributed by atoms with E-state index in [0.29, 0.717) is 22.8 Å². The Bertz CT molecular complexity index is 3960. The summed E-state index contributed by atoms with van der Waals surface area (Å²) in [5, 5.41) is 8.86. The molecule has 12 aromatic rings. The van der Waals surface area contributed by atoms with Gasteiger partial charge in [-0.1, -0.05) is 212 Å². The molecule has 3 heteroatoms. The normalized spacial score (nSPS) is 12.3. The second kappa shape index (κ2) is 15.7. The molecule has 0 spiro atoms. The van der Waals surface area contributed by atoms with Crippen LogP contribution in [0.15, 0.2) is 236 Å². The molecule has 0 aliphatic carbocycles. The number of hydrogen-bond donors (Lipinski definition) is 0. The van der Waals surface area contributed by atoms with Gasteiger partial charge in [0, 0.05) is 16.7 Å². The maximum atomic E-state index is 9.58. The van der Waals surface area contributed by atoms with Crippen LogP contribution in [0.4, 0.5) is 0 Å². The van der Waals surface area contributed by atoms with E-state index >= 15 is 0 Å². The van der Waals surface area contributed by atoms with Crippen molar-refractivity contribution in [1.29, 1.82) is 0 Å². The molecule has 1 aromatic heterocycles. The van der Waals surface area contributed by atoms with Crippen LogP contribution in [0.5, 0.6) is 0 Å². The summed E-state index contributed by atoms with van der Waals surface area (Å²) >= 11 is 0. The van der Waals surface area contributed by atoms with Crippen molar-refractivity contribution in [3.05, 3.63) is 236 Å². The number of fused-ring (bicyclic) bond motifs is 5. The van der Waals surface area contributed by atoms with Crippen LogP contribution in [-0.2, 0) is 0 Å². The van der Waals surface area contributed by atoms with Crippen LogP contribution in [0, 0.1) is 0 Å². The standard InChI is InChI=1S/C61H39N3/c1-3-14-40(15-4-1)44-21-11-22-49(38-44)59-62-60(64-61(63-59)57-27-13-26-55-52-24-10-8-19-43(52)32-35-56(55)57)50-33-34-54(41-16-5-2-6-17-41)58(39-50)48-31-29-45-36-47(30-28-46(45)37-48)53-25-12-20-42-18-7-9-23-51(42)53/h1-39H/i11D,21D,22D,38D. The molecule has 0 unspecified atom stereocenters. The van der Waals surface area contributed by atoms with E-state index < -0.39 is 0 Å². The molecular weight excluding hydrogens is 775 g/mol. The monoisotopic (exact) mass is 817 g/mol. The molecule has 0 atom stereocenters.